The van der Waals surface area contributed by atoms with Crippen molar-refractivity contribution >= 4 is 22.8 Å². The van der Waals surface area contributed by atoms with E-state index in [9.17, 15) is 14.4 Å². The second-order valence-corrected chi connectivity index (χ2v) is 3.97. The Kier molecular flexibility index (Phi) is 3.01. The zero-order valence-corrected chi connectivity index (χ0v) is 9.80. The molecule has 1 heterocycles. The van der Waals surface area contributed by atoms with Crippen LogP contribution in [0, 0.1) is 0 Å². The van der Waals surface area contributed by atoms with Gasteiger partial charge in [0.05, 0.1) is 5.52 Å². The molecule has 18 heavy (non-hydrogen) atoms. The van der Waals surface area contributed by atoms with E-state index in [0.717, 1.165) is 0 Å². The summed E-state index contributed by atoms with van der Waals surface area (Å²) in [4.78, 5) is 33.5. The monoisotopic (exact) mass is 248 g/mol. The summed E-state index contributed by atoms with van der Waals surface area (Å²) in [5.74, 6) is -1.16. The third-order valence-electron chi connectivity index (χ3n) is 2.66. The van der Waals surface area contributed by atoms with E-state index in [-0.39, 0.29) is 18.7 Å². The van der Waals surface area contributed by atoms with Gasteiger partial charge in [-0.25, -0.2) is 4.79 Å². The topological polar surface area (TPSA) is 95.3 Å². The van der Waals surface area contributed by atoms with Crippen LogP contribution in [0.15, 0.2) is 27.4 Å². The van der Waals surface area contributed by atoms with Crippen molar-refractivity contribution in [2.45, 2.75) is 19.9 Å². The van der Waals surface area contributed by atoms with Crippen LogP contribution in [-0.2, 0) is 11.3 Å². The molecule has 1 aromatic carbocycles. The predicted molar refractivity (Wildman–Crippen MR) is 64.3 cm³/mol. The van der Waals surface area contributed by atoms with Crippen LogP contribution in [-0.4, -0.2) is 16.3 Å². The largest absolute Gasteiger partial charge is 0.419 e. The number of Topliss-reactive ketones (excluding diaryl/α,β-unsaturated/α-hetero) is 1. The van der Waals surface area contributed by atoms with Gasteiger partial charge in [-0.2, -0.15) is 0 Å². The van der Waals surface area contributed by atoms with Crippen molar-refractivity contribution in [3.05, 3.63) is 34.3 Å². The molecule has 0 radical (unpaired) electrons. The molecule has 0 aliphatic heterocycles. The molecular formula is C12H12N2O4. The minimum Gasteiger partial charge on any atom is -0.408 e. The van der Waals surface area contributed by atoms with Crippen LogP contribution in [0.2, 0.25) is 0 Å². The first kappa shape index (κ1) is 12.1. The van der Waals surface area contributed by atoms with Crippen molar-refractivity contribution in [3.8, 4) is 0 Å². The van der Waals surface area contributed by atoms with Crippen LogP contribution in [0.4, 0.5) is 0 Å². The number of rotatable bonds is 4. The van der Waals surface area contributed by atoms with Crippen molar-refractivity contribution in [2.24, 2.45) is 5.73 Å². The first-order valence-corrected chi connectivity index (χ1v) is 5.41. The first-order chi connectivity index (χ1) is 8.49. The number of oxazole rings is 1. The lowest BCUT2D eigenvalue weighted by Crippen LogP contribution is -2.19. The predicted octanol–water partition coefficient (Wildman–Crippen LogP) is 0.672. The summed E-state index contributed by atoms with van der Waals surface area (Å²) < 4.78 is 6.35. The summed E-state index contributed by atoms with van der Waals surface area (Å²) in [6, 6.07) is 4.75. The van der Waals surface area contributed by atoms with Crippen LogP contribution < -0.4 is 11.5 Å². The minimum atomic E-state index is -0.563. The standard InChI is InChI=1S/C12H12N2O4/c1-7(15)8-2-3-9-10(6-8)18-12(17)14(9)5-4-11(13)16/h2-3,6H,4-5H2,1H3,(H2,13,16). The fraction of sp³-hybridized carbons (Fsp3) is 0.250. The lowest BCUT2D eigenvalue weighted by Gasteiger charge is -2.00. The number of carbonyl (C=O) groups excluding carboxylic acids is 2. The van der Waals surface area contributed by atoms with Crippen LogP contribution in [0.5, 0.6) is 0 Å². The zero-order chi connectivity index (χ0) is 13.3. The molecule has 0 spiro atoms. The molecule has 1 amide bonds. The van der Waals surface area contributed by atoms with Gasteiger partial charge in [0.25, 0.3) is 0 Å². The number of aromatic nitrogens is 1. The highest BCUT2D eigenvalue weighted by molar-refractivity contribution is 5.96. The molecule has 6 heteroatoms. The van der Waals surface area contributed by atoms with Crippen LogP contribution in [0.3, 0.4) is 0 Å². The van der Waals surface area contributed by atoms with E-state index in [2.05, 4.69) is 0 Å². The number of ketones is 1. The molecule has 0 aliphatic rings. The molecule has 0 atom stereocenters. The Bertz CT molecular complexity index is 681. The van der Waals surface area contributed by atoms with E-state index in [1.54, 1.807) is 12.1 Å². The summed E-state index contributed by atoms with van der Waals surface area (Å²) in [6.45, 7) is 1.60. The molecule has 1 aromatic heterocycles. The molecule has 2 N–H and O–H groups in total. The maximum atomic E-state index is 11.6. The fourth-order valence-corrected chi connectivity index (χ4v) is 1.72. The lowest BCUT2D eigenvalue weighted by atomic mass is 10.1. The van der Waals surface area contributed by atoms with Gasteiger partial charge in [-0.05, 0) is 25.1 Å². The number of aryl methyl sites for hydroxylation is 1. The molecule has 0 aliphatic carbocycles. The Balaban J connectivity index is 2.49. The van der Waals surface area contributed by atoms with E-state index in [4.69, 9.17) is 10.2 Å². The second kappa shape index (κ2) is 4.48. The highest BCUT2D eigenvalue weighted by atomic mass is 16.4. The summed E-state index contributed by atoms with van der Waals surface area (Å²) in [7, 11) is 0. The smallest absolute Gasteiger partial charge is 0.408 e. The average Bonchev–Trinajstić information content (AvgIpc) is 2.60. The Labute approximate surface area is 102 Å². The Hall–Kier alpha value is -2.37. The van der Waals surface area contributed by atoms with Gasteiger partial charge in [0.15, 0.2) is 11.4 Å². The van der Waals surface area contributed by atoms with E-state index >= 15 is 0 Å². The van der Waals surface area contributed by atoms with E-state index < -0.39 is 11.7 Å². The quantitative estimate of drug-likeness (QED) is 0.804. The number of hydrogen-bond acceptors (Lipinski definition) is 4. The van der Waals surface area contributed by atoms with Gasteiger partial charge in [-0.3, -0.25) is 14.2 Å². The van der Waals surface area contributed by atoms with E-state index in [1.165, 1.54) is 17.6 Å². The molecule has 94 valence electrons. The lowest BCUT2D eigenvalue weighted by molar-refractivity contribution is -0.118. The van der Waals surface area contributed by atoms with Crippen molar-refractivity contribution < 1.29 is 14.0 Å². The summed E-state index contributed by atoms with van der Waals surface area (Å²) in [6.07, 6.45) is 0.0585. The molecular weight excluding hydrogens is 236 g/mol. The minimum absolute atomic E-state index is 0.0585. The molecule has 0 fully saturated rings. The van der Waals surface area contributed by atoms with E-state index in [1.807, 2.05) is 0 Å². The normalized spacial score (nSPS) is 10.7. The third kappa shape index (κ3) is 2.17. The molecule has 0 saturated heterocycles. The highest BCUT2D eigenvalue weighted by Gasteiger charge is 2.11. The Morgan fingerprint density at radius 3 is 2.72 bits per heavy atom. The zero-order valence-electron chi connectivity index (χ0n) is 9.80. The highest BCUT2D eigenvalue weighted by Crippen LogP contribution is 2.15. The van der Waals surface area contributed by atoms with Crippen LogP contribution >= 0.6 is 0 Å². The summed E-state index contributed by atoms with van der Waals surface area (Å²) >= 11 is 0. The average molecular weight is 248 g/mol. The number of primary amides is 1. The molecule has 2 rings (SSSR count). The number of nitrogens with zero attached hydrogens (tertiary/aromatic N) is 1. The maximum Gasteiger partial charge on any atom is 0.419 e. The van der Waals surface area contributed by atoms with Gasteiger partial charge in [0.2, 0.25) is 5.91 Å². The molecule has 0 saturated carbocycles. The number of amides is 1. The van der Waals surface area contributed by atoms with Gasteiger partial charge >= 0.3 is 5.76 Å². The van der Waals surface area contributed by atoms with E-state index in [0.29, 0.717) is 16.7 Å². The SMILES string of the molecule is CC(=O)c1ccc2c(c1)oc(=O)n2CCC(N)=O. The fourth-order valence-electron chi connectivity index (χ4n) is 1.72. The number of benzene rings is 1. The summed E-state index contributed by atoms with van der Waals surface area (Å²) in [5, 5.41) is 0. The molecule has 2 aromatic rings. The van der Waals surface area contributed by atoms with Gasteiger partial charge in [-0.15, -0.1) is 0 Å². The van der Waals surface area contributed by atoms with Gasteiger partial charge in [0.1, 0.15) is 0 Å². The van der Waals surface area contributed by atoms with Gasteiger partial charge in [-0.1, -0.05) is 0 Å². The van der Waals surface area contributed by atoms with Crippen LogP contribution in [0.25, 0.3) is 11.1 Å². The Morgan fingerprint density at radius 2 is 2.11 bits per heavy atom. The van der Waals surface area contributed by atoms with Crippen molar-refractivity contribution in [1.82, 2.24) is 4.57 Å². The molecule has 0 unspecified atom stereocenters. The number of carbonyl (C=O) groups is 2. The third-order valence-corrected chi connectivity index (χ3v) is 2.66. The maximum absolute atomic E-state index is 11.6. The van der Waals surface area contributed by atoms with Crippen LogP contribution in [0.1, 0.15) is 23.7 Å². The number of nitrogens with two attached hydrogens (primary N) is 1. The second-order valence-electron chi connectivity index (χ2n) is 3.97. The van der Waals surface area contributed by atoms with Crippen molar-refractivity contribution in [1.29, 1.82) is 0 Å². The number of fused-ring (bicyclic) bond motifs is 1. The molecule has 0 bridgehead atoms. The first-order valence-electron chi connectivity index (χ1n) is 5.41. The Morgan fingerprint density at radius 1 is 1.39 bits per heavy atom. The number of hydrogen-bond donors (Lipinski definition) is 1. The van der Waals surface area contributed by atoms with Gasteiger partial charge in [0, 0.05) is 18.5 Å². The summed E-state index contributed by atoms with van der Waals surface area (Å²) in [5.41, 5.74) is 6.39. The van der Waals surface area contributed by atoms with Crippen molar-refractivity contribution in [2.75, 3.05) is 0 Å². The van der Waals surface area contributed by atoms with Gasteiger partial charge < -0.3 is 10.2 Å². The van der Waals surface area contributed by atoms with Crippen molar-refractivity contribution in [3.63, 3.8) is 0 Å². The molecule has 6 nitrogen and oxygen atoms in total.